The Morgan fingerprint density at radius 3 is 2.64 bits per heavy atom. The van der Waals surface area contributed by atoms with Gasteiger partial charge in [0.15, 0.2) is 0 Å². The van der Waals surface area contributed by atoms with E-state index >= 15 is 0 Å². The van der Waals surface area contributed by atoms with Gasteiger partial charge in [-0.15, -0.1) is 0 Å². The summed E-state index contributed by atoms with van der Waals surface area (Å²) in [6, 6.07) is 7.14. The molecule has 0 aliphatic heterocycles. The van der Waals surface area contributed by atoms with E-state index in [-0.39, 0.29) is 24.6 Å². The highest BCUT2D eigenvalue weighted by atomic mass is 32.2. The second kappa shape index (κ2) is 9.01. The number of aliphatic hydroxyl groups is 1. The number of fused-ring (bicyclic) bond motifs is 1. The Balaban J connectivity index is 1.52. The molecule has 3 N–H and O–H groups in total. The molecule has 2 heterocycles. The molecule has 1 aromatic carbocycles. The van der Waals surface area contributed by atoms with E-state index < -0.39 is 34.1 Å². The van der Waals surface area contributed by atoms with Gasteiger partial charge in [0.25, 0.3) is 0 Å². The SMILES string of the molecule is NS(=O)(=O)OC[C@@H]1C[C@@H](n2ccc3c(CCc4ccccc4C(F)(F)F)ncnc32)C[C@@H]1O. The second-order valence-electron chi connectivity index (χ2n) is 8.17. The molecule has 178 valence electrons. The summed E-state index contributed by atoms with van der Waals surface area (Å²) < 4.78 is 68.5. The molecule has 0 unspecified atom stereocenters. The number of hydrogen-bond acceptors (Lipinski definition) is 6. The van der Waals surface area contributed by atoms with E-state index in [1.807, 2.05) is 4.57 Å². The predicted molar refractivity (Wildman–Crippen MR) is 113 cm³/mol. The number of aromatic nitrogens is 3. The van der Waals surface area contributed by atoms with Gasteiger partial charge in [0, 0.05) is 23.5 Å². The smallest absolute Gasteiger partial charge is 0.393 e. The Labute approximate surface area is 188 Å². The third-order valence-electron chi connectivity index (χ3n) is 6.02. The molecule has 3 aromatic rings. The van der Waals surface area contributed by atoms with Gasteiger partial charge in [-0.05, 0) is 43.4 Å². The zero-order valence-electron chi connectivity index (χ0n) is 17.4. The molecular weight excluding hydrogens is 461 g/mol. The molecule has 3 atom stereocenters. The van der Waals surface area contributed by atoms with Crippen LogP contribution in [0.4, 0.5) is 13.2 Å². The van der Waals surface area contributed by atoms with E-state index in [1.165, 1.54) is 18.5 Å². The van der Waals surface area contributed by atoms with Crippen molar-refractivity contribution < 1.29 is 30.9 Å². The van der Waals surface area contributed by atoms with Gasteiger partial charge in [-0.1, -0.05) is 18.2 Å². The number of rotatable bonds is 7. The van der Waals surface area contributed by atoms with Gasteiger partial charge in [-0.2, -0.15) is 21.6 Å². The van der Waals surface area contributed by atoms with Crippen molar-refractivity contribution in [1.29, 1.82) is 0 Å². The van der Waals surface area contributed by atoms with Crippen LogP contribution in [0.2, 0.25) is 0 Å². The molecular formula is C21H23F3N4O4S. The lowest BCUT2D eigenvalue weighted by Gasteiger charge is -2.14. The van der Waals surface area contributed by atoms with Gasteiger partial charge < -0.3 is 9.67 Å². The van der Waals surface area contributed by atoms with E-state index in [2.05, 4.69) is 14.2 Å². The number of hydrogen-bond donors (Lipinski definition) is 2. The zero-order valence-corrected chi connectivity index (χ0v) is 18.3. The van der Waals surface area contributed by atoms with Gasteiger partial charge in [-0.3, -0.25) is 4.18 Å². The average molecular weight is 485 g/mol. The van der Waals surface area contributed by atoms with Gasteiger partial charge in [-0.25, -0.2) is 15.1 Å². The first kappa shape index (κ1) is 23.6. The van der Waals surface area contributed by atoms with Crippen LogP contribution in [0.1, 0.15) is 35.7 Å². The molecule has 0 amide bonds. The van der Waals surface area contributed by atoms with Crippen molar-refractivity contribution in [3.63, 3.8) is 0 Å². The third kappa shape index (κ3) is 5.35. The quantitative estimate of drug-likeness (QED) is 0.532. The molecule has 0 spiro atoms. The maximum atomic E-state index is 13.3. The lowest BCUT2D eigenvalue weighted by atomic mass is 10.0. The minimum absolute atomic E-state index is 0.153. The third-order valence-corrected chi connectivity index (χ3v) is 6.48. The van der Waals surface area contributed by atoms with Crippen molar-refractivity contribution in [1.82, 2.24) is 14.5 Å². The summed E-state index contributed by atoms with van der Waals surface area (Å²) in [6.45, 7) is -0.214. The maximum Gasteiger partial charge on any atom is 0.416 e. The van der Waals surface area contributed by atoms with Crippen molar-refractivity contribution in [2.45, 2.75) is 44.0 Å². The summed E-state index contributed by atoms with van der Waals surface area (Å²) in [4.78, 5) is 8.62. The van der Waals surface area contributed by atoms with Crippen molar-refractivity contribution in [2.75, 3.05) is 6.61 Å². The zero-order chi connectivity index (χ0) is 23.8. The van der Waals surface area contributed by atoms with Crippen LogP contribution in [0.3, 0.4) is 0 Å². The molecule has 0 saturated heterocycles. The Kier molecular flexibility index (Phi) is 6.45. The number of nitrogens with zero attached hydrogens (tertiary/aromatic N) is 3. The first-order chi connectivity index (χ1) is 15.5. The Bertz CT molecular complexity index is 1250. The Hall–Kier alpha value is -2.54. The molecule has 0 bridgehead atoms. The summed E-state index contributed by atoms with van der Waals surface area (Å²) in [5, 5.41) is 15.9. The lowest BCUT2D eigenvalue weighted by molar-refractivity contribution is -0.138. The van der Waals surface area contributed by atoms with Crippen LogP contribution < -0.4 is 5.14 Å². The fourth-order valence-corrected chi connectivity index (χ4v) is 4.81. The fraction of sp³-hybridized carbons (Fsp3) is 0.429. The molecule has 1 aliphatic carbocycles. The Morgan fingerprint density at radius 2 is 1.91 bits per heavy atom. The van der Waals surface area contributed by atoms with Crippen LogP contribution in [0.5, 0.6) is 0 Å². The van der Waals surface area contributed by atoms with Gasteiger partial charge in [0.2, 0.25) is 0 Å². The largest absolute Gasteiger partial charge is 0.416 e. The second-order valence-corrected chi connectivity index (χ2v) is 9.39. The first-order valence-electron chi connectivity index (χ1n) is 10.3. The number of alkyl halides is 3. The fourth-order valence-electron chi connectivity index (χ4n) is 4.45. The summed E-state index contributed by atoms with van der Waals surface area (Å²) in [5.41, 5.74) is 0.783. The normalized spacial score (nSPS) is 21.7. The highest BCUT2D eigenvalue weighted by Gasteiger charge is 2.36. The molecule has 33 heavy (non-hydrogen) atoms. The van der Waals surface area contributed by atoms with E-state index in [0.29, 0.717) is 30.6 Å². The van der Waals surface area contributed by atoms with Crippen molar-refractivity contribution >= 4 is 21.3 Å². The van der Waals surface area contributed by atoms with Crippen LogP contribution in [-0.2, 0) is 33.5 Å². The number of aliphatic hydroxyl groups excluding tert-OH is 1. The van der Waals surface area contributed by atoms with E-state index in [4.69, 9.17) is 5.14 Å². The van der Waals surface area contributed by atoms with Gasteiger partial charge in [0.1, 0.15) is 12.0 Å². The summed E-state index contributed by atoms with van der Waals surface area (Å²) in [6.07, 6.45) is -0.720. The maximum absolute atomic E-state index is 13.3. The minimum Gasteiger partial charge on any atom is -0.393 e. The standard InChI is InChI=1S/C21H23F3N4O4S/c22-21(23,24)17-4-2-1-3-13(17)5-6-18-16-7-8-28(20(16)27-12-26-18)15-9-14(19(29)10-15)11-32-33(25,30)31/h1-4,7-8,12,14-15,19,29H,5-6,9-11H2,(H2,25,30,31)/t14-,15+,19-/m0/s1. The van der Waals surface area contributed by atoms with Gasteiger partial charge in [0.05, 0.1) is 24.0 Å². The van der Waals surface area contributed by atoms with Crippen molar-refractivity contribution in [3.8, 4) is 0 Å². The highest BCUT2D eigenvalue weighted by molar-refractivity contribution is 7.84. The van der Waals surface area contributed by atoms with Crippen molar-refractivity contribution in [2.24, 2.45) is 11.1 Å². The summed E-state index contributed by atoms with van der Waals surface area (Å²) in [5.74, 6) is -0.411. The number of aryl methyl sites for hydroxylation is 2. The molecule has 1 aliphatic rings. The Morgan fingerprint density at radius 1 is 1.15 bits per heavy atom. The van der Waals surface area contributed by atoms with E-state index in [1.54, 1.807) is 18.3 Å². The average Bonchev–Trinajstić information content (AvgIpc) is 3.33. The molecule has 0 radical (unpaired) electrons. The van der Waals surface area contributed by atoms with Gasteiger partial charge >= 0.3 is 16.5 Å². The summed E-state index contributed by atoms with van der Waals surface area (Å²) in [7, 11) is -4.10. The monoisotopic (exact) mass is 484 g/mol. The minimum atomic E-state index is -4.42. The number of benzene rings is 1. The molecule has 12 heteroatoms. The predicted octanol–water partition coefficient (Wildman–Crippen LogP) is 2.77. The van der Waals surface area contributed by atoms with E-state index in [9.17, 15) is 26.7 Å². The van der Waals surface area contributed by atoms with Crippen molar-refractivity contribution in [3.05, 3.63) is 59.7 Å². The molecule has 1 saturated carbocycles. The van der Waals surface area contributed by atoms with Crippen LogP contribution in [0.15, 0.2) is 42.9 Å². The lowest BCUT2D eigenvalue weighted by Crippen LogP contribution is -2.24. The van der Waals surface area contributed by atoms with Crippen LogP contribution in [0, 0.1) is 5.92 Å². The molecule has 4 rings (SSSR count). The summed E-state index contributed by atoms with van der Waals surface area (Å²) >= 11 is 0. The van der Waals surface area contributed by atoms with Crippen LogP contribution in [-0.4, -0.2) is 40.8 Å². The molecule has 2 aromatic heterocycles. The topological polar surface area (TPSA) is 120 Å². The first-order valence-corrected chi connectivity index (χ1v) is 11.8. The highest BCUT2D eigenvalue weighted by Crippen LogP contribution is 2.37. The van der Waals surface area contributed by atoms with Crippen LogP contribution in [0.25, 0.3) is 11.0 Å². The van der Waals surface area contributed by atoms with Crippen LogP contribution >= 0.6 is 0 Å². The molecule has 1 fully saturated rings. The van der Waals surface area contributed by atoms with E-state index in [0.717, 1.165) is 11.5 Å². The molecule has 8 nitrogen and oxygen atoms in total. The number of halogens is 3. The number of nitrogens with two attached hydrogens (primary N) is 1.